The van der Waals surface area contributed by atoms with Gasteiger partial charge in [-0.2, -0.15) is 0 Å². The summed E-state index contributed by atoms with van der Waals surface area (Å²) in [5.41, 5.74) is 0. The summed E-state index contributed by atoms with van der Waals surface area (Å²) in [6, 6.07) is 0. The van der Waals surface area contributed by atoms with E-state index in [1.807, 2.05) is 0 Å². The van der Waals surface area contributed by atoms with Gasteiger partial charge in [-0.25, -0.2) is 0 Å². The van der Waals surface area contributed by atoms with Crippen LogP contribution in [-0.2, 0) is 0 Å². The first kappa shape index (κ1) is 19.3. The van der Waals surface area contributed by atoms with E-state index in [0.29, 0.717) is 0 Å². The molecule has 128 valence electrons. The number of nitrogens with zero attached hydrogens (tertiary/aromatic N) is 1. The van der Waals surface area contributed by atoms with Crippen molar-refractivity contribution in [2.24, 2.45) is 0 Å². The van der Waals surface area contributed by atoms with Gasteiger partial charge < -0.3 is 4.90 Å². The summed E-state index contributed by atoms with van der Waals surface area (Å²) < 4.78 is 0. The normalized spacial score (nSPS) is 14.0. The van der Waals surface area contributed by atoms with Crippen LogP contribution in [0.3, 0.4) is 0 Å². The van der Waals surface area contributed by atoms with E-state index in [1.54, 1.807) is 0 Å². The molecular formula is C21H39N. The second-order valence-corrected chi connectivity index (χ2v) is 6.84. The molecule has 0 N–H and O–H groups in total. The van der Waals surface area contributed by atoms with Crippen LogP contribution in [-0.4, -0.2) is 11.4 Å². The molecule has 0 atom stereocenters. The van der Waals surface area contributed by atoms with Crippen LogP contribution in [0.15, 0.2) is 24.6 Å². The molecule has 1 rings (SSSR count). The molecule has 0 spiro atoms. The Morgan fingerprint density at radius 1 is 0.591 bits per heavy atom. The molecule has 1 heterocycles. The van der Waals surface area contributed by atoms with Crippen molar-refractivity contribution in [2.45, 2.75) is 103 Å². The zero-order chi connectivity index (χ0) is 15.7. The highest BCUT2D eigenvalue weighted by Crippen LogP contribution is 2.13. The van der Waals surface area contributed by atoms with Crippen LogP contribution in [0.2, 0.25) is 0 Å². The van der Waals surface area contributed by atoms with Crippen LogP contribution in [0.1, 0.15) is 103 Å². The van der Waals surface area contributed by atoms with Gasteiger partial charge in [0.2, 0.25) is 0 Å². The zero-order valence-corrected chi connectivity index (χ0v) is 15.1. The third-order valence-electron chi connectivity index (χ3n) is 4.64. The summed E-state index contributed by atoms with van der Waals surface area (Å²) in [4.78, 5) is 2.32. The van der Waals surface area contributed by atoms with Gasteiger partial charge in [0.05, 0.1) is 0 Å². The van der Waals surface area contributed by atoms with Crippen LogP contribution >= 0.6 is 0 Å². The van der Waals surface area contributed by atoms with Crippen LogP contribution in [0.25, 0.3) is 0 Å². The fraction of sp³-hybridized carbons (Fsp3) is 0.810. The van der Waals surface area contributed by atoms with Crippen molar-refractivity contribution in [1.82, 2.24) is 4.90 Å². The highest BCUT2D eigenvalue weighted by molar-refractivity contribution is 5.01. The van der Waals surface area contributed by atoms with E-state index in [9.17, 15) is 0 Å². The molecule has 0 aromatic carbocycles. The second-order valence-electron chi connectivity index (χ2n) is 6.84. The van der Waals surface area contributed by atoms with Crippen molar-refractivity contribution in [3.05, 3.63) is 24.6 Å². The largest absolute Gasteiger partial charge is 0.355 e. The molecule has 0 saturated heterocycles. The van der Waals surface area contributed by atoms with Gasteiger partial charge in [0.1, 0.15) is 0 Å². The Kier molecular flexibility index (Phi) is 13.3. The number of rotatable bonds is 15. The Balaban J connectivity index is 1.70. The standard InChI is InChI=1S/C21H39N/c1-2-3-4-5-6-7-8-9-10-11-12-13-14-16-19-22-20-17-15-18-21-22/h17-18,20-21H,2-16,19H2,1H3. The van der Waals surface area contributed by atoms with Crippen LogP contribution in [0.5, 0.6) is 0 Å². The molecule has 22 heavy (non-hydrogen) atoms. The summed E-state index contributed by atoms with van der Waals surface area (Å²) in [5.74, 6) is 0. The number of hydrogen-bond donors (Lipinski definition) is 0. The lowest BCUT2D eigenvalue weighted by Gasteiger charge is -2.17. The molecule has 1 aliphatic heterocycles. The van der Waals surface area contributed by atoms with Crippen molar-refractivity contribution in [3.8, 4) is 0 Å². The summed E-state index contributed by atoms with van der Waals surface area (Å²) in [6.07, 6.45) is 30.2. The average Bonchev–Trinajstić information content (AvgIpc) is 2.56. The topological polar surface area (TPSA) is 3.24 Å². The molecule has 0 aromatic rings. The first-order valence-electron chi connectivity index (χ1n) is 10.0. The molecule has 0 fully saturated rings. The molecule has 0 amide bonds. The Morgan fingerprint density at radius 3 is 1.45 bits per heavy atom. The van der Waals surface area contributed by atoms with Crippen molar-refractivity contribution in [2.75, 3.05) is 6.54 Å². The molecule has 1 aliphatic rings. The van der Waals surface area contributed by atoms with Gasteiger partial charge in [-0.3, -0.25) is 0 Å². The third-order valence-corrected chi connectivity index (χ3v) is 4.64. The van der Waals surface area contributed by atoms with E-state index in [4.69, 9.17) is 0 Å². The number of unbranched alkanes of at least 4 members (excludes halogenated alkanes) is 13. The highest BCUT2D eigenvalue weighted by atomic mass is 15.1. The Hall–Kier alpha value is -0.720. The maximum atomic E-state index is 2.32. The summed E-state index contributed by atoms with van der Waals surface area (Å²) in [6.45, 7) is 3.49. The number of hydrogen-bond acceptors (Lipinski definition) is 1. The maximum Gasteiger partial charge on any atom is 0.0219 e. The van der Waals surface area contributed by atoms with E-state index in [0.717, 1.165) is 6.42 Å². The predicted octanol–water partition coefficient (Wildman–Crippen LogP) is 7.20. The average molecular weight is 306 g/mol. The van der Waals surface area contributed by atoms with E-state index < -0.39 is 0 Å². The summed E-state index contributed by atoms with van der Waals surface area (Å²) in [7, 11) is 0. The summed E-state index contributed by atoms with van der Waals surface area (Å²) in [5, 5.41) is 0. The zero-order valence-electron chi connectivity index (χ0n) is 15.1. The third kappa shape index (κ3) is 11.9. The lowest BCUT2D eigenvalue weighted by molar-refractivity contribution is 0.458. The van der Waals surface area contributed by atoms with Crippen molar-refractivity contribution in [3.63, 3.8) is 0 Å². The van der Waals surface area contributed by atoms with Gasteiger partial charge in [0, 0.05) is 6.54 Å². The lowest BCUT2D eigenvalue weighted by atomic mass is 10.0. The second kappa shape index (κ2) is 15.2. The molecule has 1 nitrogen and oxygen atoms in total. The Morgan fingerprint density at radius 2 is 1.00 bits per heavy atom. The molecule has 0 radical (unpaired) electrons. The fourth-order valence-corrected chi connectivity index (χ4v) is 3.16. The first-order valence-corrected chi connectivity index (χ1v) is 10.0. The van der Waals surface area contributed by atoms with Gasteiger partial charge in [-0.15, -0.1) is 0 Å². The minimum atomic E-state index is 1.11. The molecule has 0 unspecified atom stereocenters. The van der Waals surface area contributed by atoms with Gasteiger partial charge in [-0.1, -0.05) is 103 Å². The van der Waals surface area contributed by atoms with Crippen LogP contribution in [0.4, 0.5) is 0 Å². The summed E-state index contributed by atoms with van der Waals surface area (Å²) >= 11 is 0. The molecule has 0 bridgehead atoms. The van der Waals surface area contributed by atoms with E-state index in [-0.39, 0.29) is 0 Å². The minimum absolute atomic E-state index is 1.11. The van der Waals surface area contributed by atoms with Gasteiger partial charge >= 0.3 is 0 Å². The highest BCUT2D eigenvalue weighted by Gasteiger charge is 1.98. The SMILES string of the molecule is CCCCCCCCCCCCCCCCN1C=CCC=C1. The molecule has 0 aromatic heterocycles. The Labute approximate surface area is 139 Å². The fourth-order valence-electron chi connectivity index (χ4n) is 3.16. The quantitative estimate of drug-likeness (QED) is 0.289. The van der Waals surface area contributed by atoms with E-state index in [2.05, 4.69) is 36.4 Å². The van der Waals surface area contributed by atoms with Gasteiger partial charge in [-0.05, 0) is 25.2 Å². The predicted molar refractivity (Wildman–Crippen MR) is 99.9 cm³/mol. The number of allylic oxidation sites excluding steroid dienone is 2. The monoisotopic (exact) mass is 305 g/mol. The van der Waals surface area contributed by atoms with E-state index >= 15 is 0 Å². The van der Waals surface area contributed by atoms with Gasteiger partial charge in [0.25, 0.3) is 0 Å². The first-order chi connectivity index (χ1) is 10.9. The van der Waals surface area contributed by atoms with Crippen molar-refractivity contribution >= 4 is 0 Å². The maximum absolute atomic E-state index is 2.32. The molecule has 0 saturated carbocycles. The van der Waals surface area contributed by atoms with Crippen LogP contribution < -0.4 is 0 Å². The van der Waals surface area contributed by atoms with Crippen LogP contribution in [0, 0.1) is 0 Å². The van der Waals surface area contributed by atoms with Gasteiger partial charge in [0.15, 0.2) is 0 Å². The molecule has 1 heteroatoms. The van der Waals surface area contributed by atoms with E-state index in [1.165, 1.54) is 96.4 Å². The Bertz CT molecular complexity index is 268. The molecule has 0 aliphatic carbocycles. The lowest BCUT2D eigenvalue weighted by Crippen LogP contribution is -2.12. The minimum Gasteiger partial charge on any atom is -0.355 e. The molecular weight excluding hydrogens is 266 g/mol. The smallest absolute Gasteiger partial charge is 0.0219 e. The van der Waals surface area contributed by atoms with Crippen molar-refractivity contribution < 1.29 is 0 Å². The van der Waals surface area contributed by atoms with Crippen molar-refractivity contribution in [1.29, 1.82) is 0 Å².